The van der Waals surface area contributed by atoms with Crippen molar-refractivity contribution in [2.24, 2.45) is 5.14 Å². The Balaban J connectivity index is 2.99. The maximum Gasteiger partial charge on any atom is 0.239 e. The van der Waals surface area contributed by atoms with Crippen molar-refractivity contribution in [2.75, 3.05) is 0 Å². The molecule has 80 valence electrons. The molecule has 0 saturated carbocycles. The summed E-state index contributed by atoms with van der Waals surface area (Å²) in [6, 6.07) is 5.61. The summed E-state index contributed by atoms with van der Waals surface area (Å²) in [5.74, 6) is 0. The van der Waals surface area contributed by atoms with Gasteiger partial charge in [-0.2, -0.15) is 0 Å². The Morgan fingerprint density at radius 2 is 1.93 bits per heavy atom. The summed E-state index contributed by atoms with van der Waals surface area (Å²) in [7, 11) is -3.62. The second-order valence-electron chi connectivity index (χ2n) is 3.48. The molecule has 2 N–H and O–H groups in total. The van der Waals surface area contributed by atoms with Gasteiger partial charge in [-0.15, -0.1) is 11.3 Å². The maximum atomic E-state index is 11.4. The van der Waals surface area contributed by atoms with Gasteiger partial charge in [-0.1, -0.05) is 18.2 Å². The van der Waals surface area contributed by atoms with E-state index >= 15 is 0 Å². The first kappa shape index (κ1) is 10.6. The average molecular weight is 241 g/mol. The monoisotopic (exact) mass is 241 g/mol. The van der Waals surface area contributed by atoms with Crippen molar-refractivity contribution in [1.29, 1.82) is 0 Å². The third-order valence-corrected chi connectivity index (χ3v) is 4.80. The molecule has 0 spiro atoms. The highest BCUT2D eigenvalue weighted by Gasteiger charge is 2.19. The number of fused-ring (bicyclic) bond motifs is 1. The molecule has 0 saturated heterocycles. The Bertz CT molecular complexity index is 626. The Morgan fingerprint density at radius 1 is 1.27 bits per heavy atom. The van der Waals surface area contributed by atoms with E-state index in [1.165, 1.54) is 11.3 Å². The minimum Gasteiger partial charge on any atom is -0.225 e. The Morgan fingerprint density at radius 3 is 2.53 bits per heavy atom. The van der Waals surface area contributed by atoms with Gasteiger partial charge < -0.3 is 0 Å². The molecule has 0 bridgehead atoms. The first-order valence-electron chi connectivity index (χ1n) is 4.43. The molecule has 2 aromatic rings. The second-order valence-corrected chi connectivity index (χ2v) is 6.21. The molecule has 0 fully saturated rings. The highest BCUT2D eigenvalue weighted by Crippen LogP contribution is 2.35. The molecule has 0 atom stereocenters. The molecule has 2 rings (SSSR count). The normalized spacial score (nSPS) is 12.2. The number of rotatable bonds is 1. The fraction of sp³-hybridized carbons (Fsp3) is 0.200. The van der Waals surface area contributed by atoms with Crippen molar-refractivity contribution in [3.05, 3.63) is 28.6 Å². The number of benzene rings is 1. The molecule has 0 amide bonds. The van der Waals surface area contributed by atoms with Crippen LogP contribution in [-0.2, 0) is 10.0 Å². The first-order chi connectivity index (χ1) is 6.91. The van der Waals surface area contributed by atoms with Gasteiger partial charge in [0.15, 0.2) is 0 Å². The van der Waals surface area contributed by atoms with Gasteiger partial charge in [0.1, 0.15) is 4.90 Å². The van der Waals surface area contributed by atoms with Crippen LogP contribution in [0.1, 0.15) is 10.4 Å². The van der Waals surface area contributed by atoms with Gasteiger partial charge >= 0.3 is 0 Å². The molecular weight excluding hydrogens is 230 g/mol. The molecule has 0 radical (unpaired) electrons. The second kappa shape index (κ2) is 3.30. The highest BCUT2D eigenvalue weighted by atomic mass is 32.2. The van der Waals surface area contributed by atoms with Crippen molar-refractivity contribution in [1.82, 2.24) is 0 Å². The highest BCUT2D eigenvalue weighted by molar-refractivity contribution is 7.89. The van der Waals surface area contributed by atoms with Crippen molar-refractivity contribution in [3.8, 4) is 0 Å². The third kappa shape index (κ3) is 1.67. The van der Waals surface area contributed by atoms with Crippen LogP contribution >= 0.6 is 11.3 Å². The van der Waals surface area contributed by atoms with Crippen LogP contribution in [-0.4, -0.2) is 8.42 Å². The number of primary sulfonamides is 1. The van der Waals surface area contributed by atoms with Crippen molar-refractivity contribution in [2.45, 2.75) is 18.7 Å². The average Bonchev–Trinajstić information content (AvgIpc) is 2.41. The lowest BCUT2D eigenvalue weighted by molar-refractivity contribution is 0.598. The fourth-order valence-electron chi connectivity index (χ4n) is 1.71. The molecule has 0 aliphatic rings. The van der Waals surface area contributed by atoms with Gasteiger partial charge in [-0.25, -0.2) is 13.6 Å². The Labute approximate surface area is 92.6 Å². The lowest BCUT2D eigenvalue weighted by Crippen LogP contribution is -2.12. The minimum atomic E-state index is -3.62. The molecule has 0 aliphatic carbocycles. The lowest BCUT2D eigenvalue weighted by atomic mass is 10.2. The standard InChI is InChI=1S/C10H11NO2S2/c1-6-4-3-5-8-9(6)14-7(2)10(8)15(11,12)13/h3-5H,1-2H3,(H2,11,12,13). The number of hydrogen-bond donors (Lipinski definition) is 1. The van der Waals surface area contributed by atoms with Crippen LogP contribution in [0.4, 0.5) is 0 Å². The summed E-state index contributed by atoms with van der Waals surface area (Å²) in [5.41, 5.74) is 1.08. The predicted molar refractivity (Wildman–Crippen MR) is 62.7 cm³/mol. The van der Waals surface area contributed by atoms with Crippen LogP contribution in [0.25, 0.3) is 10.1 Å². The molecule has 3 nitrogen and oxygen atoms in total. The van der Waals surface area contributed by atoms with E-state index in [9.17, 15) is 8.42 Å². The molecular formula is C10H11NO2S2. The van der Waals surface area contributed by atoms with Crippen LogP contribution < -0.4 is 5.14 Å². The van der Waals surface area contributed by atoms with Gasteiger partial charge in [-0.05, 0) is 19.4 Å². The summed E-state index contributed by atoms with van der Waals surface area (Å²) >= 11 is 1.47. The summed E-state index contributed by atoms with van der Waals surface area (Å²) < 4.78 is 23.8. The zero-order chi connectivity index (χ0) is 11.2. The topological polar surface area (TPSA) is 60.2 Å². The van der Waals surface area contributed by atoms with E-state index in [-0.39, 0.29) is 4.90 Å². The predicted octanol–water partition coefficient (Wildman–Crippen LogP) is 2.17. The van der Waals surface area contributed by atoms with E-state index in [2.05, 4.69) is 0 Å². The quantitative estimate of drug-likeness (QED) is 0.831. The molecule has 1 aromatic heterocycles. The largest absolute Gasteiger partial charge is 0.239 e. The smallest absolute Gasteiger partial charge is 0.225 e. The van der Waals surface area contributed by atoms with Gasteiger partial charge in [0.05, 0.1) is 0 Å². The van der Waals surface area contributed by atoms with Crippen LogP contribution in [0, 0.1) is 13.8 Å². The van der Waals surface area contributed by atoms with E-state index in [1.54, 1.807) is 13.0 Å². The zero-order valence-corrected chi connectivity index (χ0v) is 10.1. The van der Waals surface area contributed by atoms with E-state index in [4.69, 9.17) is 5.14 Å². The summed E-state index contributed by atoms with van der Waals surface area (Å²) in [5, 5.41) is 5.93. The van der Waals surface area contributed by atoms with Crippen LogP contribution in [0.5, 0.6) is 0 Å². The number of sulfonamides is 1. The first-order valence-corrected chi connectivity index (χ1v) is 6.79. The van der Waals surface area contributed by atoms with Crippen LogP contribution in [0.15, 0.2) is 23.1 Å². The van der Waals surface area contributed by atoms with Crippen LogP contribution in [0.3, 0.4) is 0 Å². The van der Waals surface area contributed by atoms with Crippen molar-refractivity contribution >= 4 is 31.4 Å². The SMILES string of the molecule is Cc1sc2c(C)cccc2c1S(N)(=O)=O. The fourth-order valence-corrected chi connectivity index (χ4v) is 4.14. The van der Waals surface area contributed by atoms with Gasteiger partial charge in [-0.3, -0.25) is 0 Å². The van der Waals surface area contributed by atoms with Gasteiger partial charge in [0, 0.05) is 15.0 Å². The molecule has 5 heteroatoms. The maximum absolute atomic E-state index is 11.4. The van der Waals surface area contributed by atoms with Gasteiger partial charge in [0.2, 0.25) is 10.0 Å². The zero-order valence-electron chi connectivity index (χ0n) is 8.44. The molecule has 0 unspecified atom stereocenters. The van der Waals surface area contributed by atoms with Crippen molar-refractivity contribution < 1.29 is 8.42 Å². The van der Waals surface area contributed by atoms with E-state index in [0.29, 0.717) is 0 Å². The van der Waals surface area contributed by atoms with Gasteiger partial charge in [0.25, 0.3) is 0 Å². The molecule has 0 aliphatic heterocycles. The number of aryl methyl sites for hydroxylation is 2. The summed E-state index contributed by atoms with van der Waals surface area (Å²) in [6.07, 6.45) is 0. The number of thiophene rings is 1. The van der Waals surface area contributed by atoms with Crippen molar-refractivity contribution in [3.63, 3.8) is 0 Å². The van der Waals surface area contributed by atoms with E-state index in [0.717, 1.165) is 20.5 Å². The Hall–Kier alpha value is -0.910. The van der Waals surface area contributed by atoms with E-state index in [1.807, 2.05) is 19.1 Å². The number of hydrogen-bond acceptors (Lipinski definition) is 3. The third-order valence-electron chi connectivity index (χ3n) is 2.32. The molecule has 15 heavy (non-hydrogen) atoms. The molecule has 1 heterocycles. The number of nitrogens with two attached hydrogens (primary N) is 1. The lowest BCUT2D eigenvalue weighted by Gasteiger charge is -1.98. The molecule has 1 aromatic carbocycles. The Kier molecular flexibility index (Phi) is 2.33. The minimum absolute atomic E-state index is 0.270. The summed E-state index contributed by atoms with van der Waals surface area (Å²) in [6.45, 7) is 3.75. The van der Waals surface area contributed by atoms with E-state index < -0.39 is 10.0 Å². The van der Waals surface area contributed by atoms with Crippen LogP contribution in [0.2, 0.25) is 0 Å². The summed E-state index contributed by atoms with van der Waals surface area (Å²) in [4.78, 5) is 1.02.